The van der Waals surface area contributed by atoms with Gasteiger partial charge in [-0.1, -0.05) is 296 Å². The Labute approximate surface area is 513 Å². The normalized spacial score (nSPS) is 13.0. The predicted octanol–water partition coefficient (Wildman–Crippen LogP) is 24.1. The first-order valence-electron chi connectivity index (χ1n) is 34.7. The highest BCUT2D eigenvalue weighted by molar-refractivity contribution is 5.71. The number of unbranched alkanes of at least 4 members (excludes halogenated alkanes) is 29. The average Bonchev–Trinajstić information content (AvgIpc) is 3.49. The molecule has 1 atom stereocenters. The molecule has 0 radical (unpaired) electrons. The van der Waals surface area contributed by atoms with Crippen molar-refractivity contribution < 1.29 is 28.6 Å². The molecule has 0 fully saturated rings. The first-order valence-corrected chi connectivity index (χ1v) is 34.7. The molecule has 0 amide bonds. The maximum Gasteiger partial charge on any atom is 0.306 e. The molecule has 0 aromatic carbocycles. The van der Waals surface area contributed by atoms with Gasteiger partial charge in [0.05, 0.1) is 0 Å². The van der Waals surface area contributed by atoms with E-state index in [0.29, 0.717) is 19.3 Å². The number of ether oxygens (including phenoxy) is 3. The van der Waals surface area contributed by atoms with E-state index in [1.54, 1.807) is 0 Å². The fourth-order valence-corrected chi connectivity index (χ4v) is 9.49. The Bertz CT molecular complexity index is 1750. The zero-order chi connectivity index (χ0) is 59.9. The molecule has 0 aromatic rings. The largest absolute Gasteiger partial charge is 0.462 e. The van der Waals surface area contributed by atoms with Crippen molar-refractivity contribution in [2.45, 2.75) is 322 Å². The quantitative estimate of drug-likeness (QED) is 0.0261. The first-order chi connectivity index (χ1) is 41.0. The smallest absolute Gasteiger partial charge is 0.306 e. The number of rotatable bonds is 62. The van der Waals surface area contributed by atoms with Gasteiger partial charge in [-0.15, -0.1) is 0 Å². The summed E-state index contributed by atoms with van der Waals surface area (Å²) in [5, 5.41) is 0. The highest BCUT2D eigenvalue weighted by Crippen LogP contribution is 2.16. The van der Waals surface area contributed by atoms with Crippen LogP contribution < -0.4 is 0 Å². The van der Waals surface area contributed by atoms with Gasteiger partial charge in [-0.25, -0.2) is 0 Å². The van der Waals surface area contributed by atoms with Crippen molar-refractivity contribution in [3.63, 3.8) is 0 Å². The highest BCUT2D eigenvalue weighted by Gasteiger charge is 2.19. The molecule has 472 valence electrons. The van der Waals surface area contributed by atoms with Crippen LogP contribution in [-0.4, -0.2) is 37.2 Å². The minimum Gasteiger partial charge on any atom is -0.462 e. The van der Waals surface area contributed by atoms with Gasteiger partial charge < -0.3 is 14.2 Å². The Morgan fingerprint density at radius 2 is 0.470 bits per heavy atom. The van der Waals surface area contributed by atoms with Crippen molar-refractivity contribution in [3.05, 3.63) is 134 Å². The van der Waals surface area contributed by atoms with Gasteiger partial charge in [-0.05, 0) is 135 Å². The van der Waals surface area contributed by atoms with Crippen LogP contribution in [0.1, 0.15) is 316 Å². The summed E-state index contributed by atoms with van der Waals surface area (Å²) in [6.07, 6.45) is 98.9. The summed E-state index contributed by atoms with van der Waals surface area (Å²) >= 11 is 0. The number of allylic oxidation sites excluding steroid dienone is 22. The molecule has 0 heterocycles. The molecule has 0 aliphatic heterocycles. The summed E-state index contributed by atoms with van der Waals surface area (Å²) < 4.78 is 17.0. The van der Waals surface area contributed by atoms with Gasteiger partial charge in [-0.3, -0.25) is 14.4 Å². The molecule has 0 saturated carbocycles. The van der Waals surface area contributed by atoms with E-state index in [4.69, 9.17) is 14.2 Å². The lowest BCUT2D eigenvalue weighted by molar-refractivity contribution is -0.167. The van der Waals surface area contributed by atoms with Gasteiger partial charge in [0.1, 0.15) is 13.2 Å². The van der Waals surface area contributed by atoms with Crippen LogP contribution in [0.25, 0.3) is 0 Å². The fourth-order valence-electron chi connectivity index (χ4n) is 9.49. The van der Waals surface area contributed by atoms with Crippen molar-refractivity contribution >= 4 is 17.9 Å². The molecule has 1 unspecified atom stereocenters. The van der Waals surface area contributed by atoms with E-state index in [9.17, 15) is 14.4 Å². The fraction of sp³-hybridized carbons (Fsp3) is 0.675. The van der Waals surface area contributed by atoms with Crippen molar-refractivity contribution in [2.24, 2.45) is 0 Å². The Hall–Kier alpha value is -4.45. The number of hydrogen-bond donors (Lipinski definition) is 0. The molecule has 0 spiro atoms. The molecule has 0 aliphatic carbocycles. The second-order valence-electron chi connectivity index (χ2n) is 22.7. The number of hydrogen-bond acceptors (Lipinski definition) is 6. The summed E-state index contributed by atoms with van der Waals surface area (Å²) in [6, 6.07) is 0. The Kier molecular flexibility index (Phi) is 66.3. The van der Waals surface area contributed by atoms with Crippen LogP contribution in [0, 0.1) is 0 Å². The molecule has 0 aromatic heterocycles. The van der Waals surface area contributed by atoms with Crippen LogP contribution in [0.5, 0.6) is 0 Å². The van der Waals surface area contributed by atoms with Gasteiger partial charge in [0.2, 0.25) is 0 Å². The summed E-state index contributed by atoms with van der Waals surface area (Å²) in [6.45, 7) is 6.41. The molecule has 0 N–H and O–H groups in total. The zero-order valence-corrected chi connectivity index (χ0v) is 54.2. The van der Waals surface area contributed by atoms with E-state index in [2.05, 4.69) is 154 Å². The first kappa shape index (κ1) is 78.5. The third-order valence-corrected chi connectivity index (χ3v) is 14.6. The van der Waals surface area contributed by atoms with Crippen LogP contribution in [0.2, 0.25) is 0 Å². The highest BCUT2D eigenvalue weighted by atomic mass is 16.6. The minimum atomic E-state index is -0.798. The second-order valence-corrected chi connectivity index (χ2v) is 22.7. The Morgan fingerprint density at radius 3 is 0.735 bits per heavy atom. The van der Waals surface area contributed by atoms with Gasteiger partial charge in [0.15, 0.2) is 6.10 Å². The van der Waals surface area contributed by atoms with Crippen molar-refractivity contribution in [2.75, 3.05) is 13.2 Å². The summed E-state index contributed by atoms with van der Waals surface area (Å²) in [7, 11) is 0. The van der Waals surface area contributed by atoms with Gasteiger partial charge in [0, 0.05) is 19.3 Å². The topological polar surface area (TPSA) is 78.9 Å². The van der Waals surface area contributed by atoms with E-state index < -0.39 is 6.10 Å². The van der Waals surface area contributed by atoms with Crippen LogP contribution >= 0.6 is 0 Å². The monoisotopic (exact) mass is 1150 g/mol. The molecule has 0 saturated heterocycles. The van der Waals surface area contributed by atoms with E-state index in [0.717, 1.165) is 141 Å². The molecule has 6 heteroatoms. The third kappa shape index (κ3) is 68.2. The molecular formula is C77H128O6. The van der Waals surface area contributed by atoms with Crippen LogP contribution in [0.15, 0.2) is 134 Å². The van der Waals surface area contributed by atoms with E-state index >= 15 is 0 Å². The second kappa shape index (κ2) is 70.0. The number of carbonyl (C=O) groups is 3. The molecule has 83 heavy (non-hydrogen) atoms. The summed E-state index contributed by atoms with van der Waals surface area (Å²) in [5.74, 6) is -0.910. The van der Waals surface area contributed by atoms with E-state index in [1.807, 2.05) is 0 Å². The Balaban J connectivity index is 4.44. The maximum atomic E-state index is 13.0. The molecular weight excluding hydrogens is 1020 g/mol. The van der Waals surface area contributed by atoms with Gasteiger partial charge >= 0.3 is 17.9 Å². The Morgan fingerprint density at radius 1 is 0.253 bits per heavy atom. The lowest BCUT2D eigenvalue weighted by Crippen LogP contribution is -2.30. The average molecular weight is 1150 g/mol. The van der Waals surface area contributed by atoms with E-state index in [1.165, 1.54) is 135 Å². The third-order valence-electron chi connectivity index (χ3n) is 14.6. The number of esters is 3. The van der Waals surface area contributed by atoms with Crippen LogP contribution in [-0.2, 0) is 28.6 Å². The SMILES string of the molecule is CC/C=C\C/C=C\C/C=C\C/C=C\C/C=C\CCCCCCCCCC(=O)OCC(COC(=O)CCCCCCCC/C=C\C/C=C\C/C=C\C/C=C\CC)OC(=O)CCCCCCCCCCCCC/C=C\C/C=C\CCCCCCC. The van der Waals surface area contributed by atoms with Gasteiger partial charge in [0.25, 0.3) is 0 Å². The van der Waals surface area contributed by atoms with Crippen LogP contribution in [0.4, 0.5) is 0 Å². The van der Waals surface area contributed by atoms with Crippen LogP contribution in [0.3, 0.4) is 0 Å². The van der Waals surface area contributed by atoms with Crippen molar-refractivity contribution in [3.8, 4) is 0 Å². The van der Waals surface area contributed by atoms with Crippen molar-refractivity contribution in [1.29, 1.82) is 0 Å². The molecule has 6 nitrogen and oxygen atoms in total. The minimum absolute atomic E-state index is 0.0923. The van der Waals surface area contributed by atoms with Crippen molar-refractivity contribution in [1.82, 2.24) is 0 Å². The van der Waals surface area contributed by atoms with Gasteiger partial charge in [-0.2, -0.15) is 0 Å². The van der Waals surface area contributed by atoms with E-state index in [-0.39, 0.29) is 31.1 Å². The maximum absolute atomic E-state index is 13.0. The molecule has 0 rings (SSSR count). The standard InChI is InChI=1S/C77H128O6/c1-4-7-10-13-16-19-22-25-28-31-34-36-38-40-43-46-49-52-55-58-61-64-67-70-76(79)82-73-74(72-81-75(78)69-66-63-60-57-54-51-48-45-42-33-30-27-24-21-18-15-12-9-6-3)83-77(80)71-68-65-62-59-56-53-50-47-44-41-39-37-35-32-29-26-23-20-17-14-11-8-5-2/h7,9-10,12,16,18-19,21,23,25-28,30,32,34-36,40,42-43,45,74H,4-6,8,11,13-15,17,20,22,24,29,31,33,37-39,41,44,46-73H2,1-3H3/b10-7-,12-9-,19-16-,21-18-,26-23-,28-25-,30-27-,35-32-,36-34-,43-40-,45-42-. The lowest BCUT2D eigenvalue weighted by Gasteiger charge is -2.18. The number of carbonyl (C=O) groups excluding carboxylic acids is 3. The molecule has 0 bridgehead atoms. The lowest BCUT2D eigenvalue weighted by atomic mass is 10.0. The summed E-state index contributed by atoms with van der Waals surface area (Å²) in [4.78, 5) is 38.5. The summed E-state index contributed by atoms with van der Waals surface area (Å²) in [5.41, 5.74) is 0. The zero-order valence-electron chi connectivity index (χ0n) is 54.2. The molecule has 0 aliphatic rings. The predicted molar refractivity (Wildman–Crippen MR) is 362 cm³/mol.